The van der Waals surface area contributed by atoms with Gasteiger partial charge in [-0.1, -0.05) is 11.8 Å². The molecule has 1 aromatic carbocycles. The molecule has 10 heteroatoms. The molecule has 0 saturated heterocycles. The number of imidazole rings is 1. The third-order valence-corrected chi connectivity index (χ3v) is 4.71. The Labute approximate surface area is 151 Å². The molecule has 0 bridgehead atoms. The number of nitrogens with one attached hydrogen (secondary N) is 1. The van der Waals surface area contributed by atoms with Crippen molar-refractivity contribution in [3.8, 4) is 11.4 Å². The number of aromatic nitrogens is 6. The molecule has 0 aliphatic rings. The summed E-state index contributed by atoms with van der Waals surface area (Å²) in [5, 5.41) is 3.43. The van der Waals surface area contributed by atoms with Crippen molar-refractivity contribution in [1.82, 2.24) is 29.1 Å². The minimum Gasteiger partial charge on any atom is -0.497 e. The van der Waals surface area contributed by atoms with E-state index in [1.54, 1.807) is 13.3 Å². The molecule has 0 aliphatic heterocycles. The molecule has 4 aromatic rings. The number of nitrogen functional groups attached to an aromatic ring is 1. The Morgan fingerprint density at radius 1 is 1.27 bits per heavy atom. The molecular weight excluding hydrogens is 354 g/mol. The van der Waals surface area contributed by atoms with Gasteiger partial charge in [0.05, 0.1) is 12.8 Å². The minimum atomic E-state index is -0.256. The average Bonchev–Trinajstić information content (AvgIpc) is 3.26. The van der Waals surface area contributed by atoms with Crippen molar-refractivity contribution in [3.05, 3.63) is 58.8 Å². The number of fused-ring (bicyclic) bond motifs is 1. The van der Waals surface area contributed by atoms with Crippen molar-refractivity contribution in [2.75, 3.05) is 12.8 Å². The molecule has 0 unspecified atom stereocenters. The van der Waals surface area contributed by atoms with E-state index in [4.69, 9.17) is 10.5 Å². The zero-order valence-corrected chi connectivity index (χ0v) is 14.6. The number of thioether (sulfide) groups is 1. The van der Waals surface area contributed by atoms with Crippen LogP contribution < -0.4 is 16.0 Å². The molecule has 0 aliphatic carbocycles. The summed E-state index contributed by atoms with van der Waals surface area (Å²) in [5.41, 5.74) is 6.89. The second kappa shape index (κ2) is 6.56. The Kier molecular flexibility index (Phi) is 4.09. The van der Waals surface area contributed by atoms with E-state index in [-0.39, 0.29) is 17.3 Å². The van der Waals surface area contributed by atoms with Crippen LogP contribution in [0.3, 0.4) is 0 Å². The number of methoxy groups -OCH3 is 1. The summed E-state index contributed by atoms with van der Waals surface area (Å²) in [5.74, 6) is 1.67. The van der Waals surface area contributed by atoms with Gasteiger partial charge < -0.3 is 10.5 Å². The monoisotopic (exact) mass is 369 g/mol. The fraction of sp³-hybridized carbons (Fsp3) is 0.125. The van der Waals surface area contributed by atoms with Gasteiger partial charge in [0.15, 0.2) is 5.16 Å². The zero-order chi connectivity index (χ0) is 18.1. The SMILES string of the molecule is COc1ccc(-n2ccnc2SCc2cc(=O)n3[nH]c(N)nc3n2)cc1. The van der Waals surface area contributed by atoms with Gasteiger partial charge in [0.25, 0.3) is 11.3 Å². The van der Waals surface area contributed by atoms with Crippen LogP contribution in [0.1, 0.15) is 5.69 Å². The Hall–Kier alpha value is -3.27. The highest BCUT2D eigenvalue weighted by Gasteiger charge is 2.10. The van der Waals surface area contributed by atoms with Crippen molar-refractivity contribution >= 4 is 23.5 Å². The van der Waals surface area contributed by atoms with Crippen molar-refractivity contribution < 1.29 is 4.74 Å². The van der Waals surface area contributed by atoms with Gasteiger partial charge in [-0.25, -0.2) is 9.97 Å². The van der Waals surface area contributed by atoms with Crippen LogP contribution in [-0.2, 0) is 5.75 Å². The van der Waals surface area contributed by atoms with Gasteiger partial charge in [-0.15, -0.1) is 0 Å². The summed E-state index contributed by atoms with van der Waals surface area (Å²) < 4.78 is 8.35. The molecule has 0 atom stereocenters. The number of nitrogens with zero attached hydrogens (tertiary/aromatic N) is 5. The van der Waals surface area contributed by atoms with Crippen LogP contribution >= 0.6 is 11.8 Å². The first kappa shape index (κ1) is 16.2. The summed E-state index contributed by atoms with van der Waals surface area (Å²) in [6.45, 7) is 0. The molecule has 0 saturated carbocycles. The molecule has 3 aromatic heterocycles. The molecule has 9 nitrogen and oxygen atoms in total. The highest BCUT2D eigenvalue weighted by Crippen LogP contribution is 2.24. The van der Waals surface area contributed by atoms with Crippen molar-refractivity contribution in [2.24, 2.45) is 0 Å². The number of rotatable bonds is 5. The molecule has 3 N–H and O–H groups in total. The van der Waals surface area contributed by atoms with Crippen molar-refractivity contribution in [1.29, 1.82) is 0 Å². The van der Waals surface area contributed by atoms with Crippen LogP contribution in [0.15, 0.2) is 52.7 Å². The first-order chi connectivity index (χ1) is 12.6. The number of hydrogen-bond donors (Lipinski definition) is 2. The maximum absolute atomic E-state index is 12.1. The summed E-state index contributed by atoms with van der Waals surface area (Å²) >= 11 is 1.48. The number of ether oxygens (including phenoxy) is 1. The second-order valence-corrected chi connectivity index (χ2v) is 6.34. The average molecular weight is 369 g/mol. The van der Waals surface area contributed by atoms with Crippen LogP contribution in [0.4, 0.5) is 5.95 Å². The Balaban J connectivity index is 1.57. The maximum Gasteiger partial charge on any atom is 0.274 e. The summed E-state index contributed by atoms with van der Waals surface area (Å²) in [6, 6.07) is 9.14. The van der Waals surface area contributed by atoms with Gasteiger partial charge in [-0.05, 0) is 24.3 Å². The van der Waals surface area contributed by atoms with Crippen molar-refractivity contribution in [3.63, 3.8) is 0 Å². The topological polar surface area (TPSA) is 116 Å². The zero-order valence-electron chi connectivity index (χ0n) is 13.8. The Morgan fingerprint density at radius 2 is 2.08 bits per heavy atom. The van der Waals surface area contributed by atoms with Gasteiger partial charge in [0.2, 0.25) is 5.95 Å². The third kappa shape index (κ3) is 3.02. The molecule has 26 heavy (non-hydrogen) atoms. The lowest BCUT2D eigenvalue weighted by atomic mass is 10.3. The lowest BCUT2D eigenvalue weighted by Gasteiger charge is -2.08. The Morgan fingerprint density at radius 3 is 2.85 bits per heavy atom. The quantitative estimate of drug-likeness (QED) is 0.512. The molecule has 0 radical (unpaired) electrons. The number of benzene rings is 1. The summed E-state index contributed by atoms with van der Waals surface area (Å²) in [7, 11) is 1.63. The normalized spacial score (nSPS) is 11.1. The highest BCUT2D eigenvalue weighted by molar-refractivity contribution is 7.98. The standard InChI is InChI=1S/C16H15N7O2S/c1-25-12-4-2-11(3-5-12)22-7-6-18-16(22)26-9-10-8-13(24)23-15(19-10)20-14(17)21-23/h2-8H,9H2,1H3,(H3,17,19,20,21). The molecule has 132 valence electrons. The lowest BCUT2D eigenvalue weighted by molar-refractivity contribution is 0.414. The van der Waals surface area contributed by atoms with E-state index in [9.17, 15) is 4.79 Å². The fourth-order valence-corrected chi connectivity index (χ4v) is 3.36. The van der Waals surface area contributed by atoms with E-state index in [0.29, 0.717) is 11.4 Å². The fourth-order valence-electron chi connectivity index (χ4n) is 2.49. The first-order valence-electron chi connectivity index (χ1n) is 7.69. The van der Waals surface area contributed by atoms with Crippen LogP contribution in [0.5, 0.6) is 5.75 Å². The number of hydrogen-bond acceptors (Lipinski definition) is 7. The minimum absolute atomic E-state index is 0.148. The third-order valence-electron chi connectivity index (χ3n) is 3.71. The van der Waals surface area contributed by atoms with E-state index < -0.39 is 0 Å². The number of aromatic amines is 1. The number of H-pyrrole nitrogens is 1. The largest absolute Gasteiger partial charge is 0.497 e. The van der Waals surface area contributed by atoms with E-state index in [1.165, 1.54) is 22.3 Å². The van der Waals surface area contributed by atoms with Crippen LogP contribution in [0.2, 0.25) is 0 Å². The van der Waals surface area contributed by atoms with E-state index in [0.717, 1.165) is 16.6 Å². The first-order valence-corrected chi connectivity index (χ1v) is 8.67. The maximum atomic E-state index is 12.1. The van der Waals surface area contributed by atoms with Crippen LogP contribution in [0, 0.1) is 0 Å². The van der Waals surface area contributed by atoms with Gasteiger partial charge in [-0.2, -0.15) is 9.50 Å². The van der Waals surface area contributed by atoms with Gasteiger partial charge >= 0.3 is 0 Å². The van der Waals surface area contributed by atoms with Gasteiger partial charge in [-0.3, -0.25) is 14.5 Å². The predicted molar refractivity (Wildman–Crippen MR) is 97.7 cm³/mol. The van der Waals surface area contributed by atoms with Gasteiger partial charge in [0.1, 0.15) is 5.75 Å². The molecule has 4 rings (SSSR count). The molecule has 3 heterocycles. The molecule has 0 amide bonds. The number of nitrogens with two attached hydrogens (primary N) is 1. The van der Waals surface area contributed by atoms with Gasteiger partial charge in [0, 0.05) is 29.9 Å². The summed E-state index contributed by atoms with van der Waals surface area (Å²) in [6.07, 6.45) is 3.61. The lowest BCUT2D eigenvalue weighted by Crippen LogP contribution is -2.15. The Bertz CT molecular complexity index is 1110. The van der Waals surface area contributed by atoms with E-state index >= 15 is 0 Å². The molecule has 0 spiro atoms. The smallest absolute Gasteiger partial charge is 0.274 e. The summed E-state index contributed by atoms with van der Waals surface area (Å²) in [4.78, 5) is 24.8. The van der Waals surface area contributed by atoms with E-state index in [1.807, 2.05) is 35.0 Å². The van der Waals surface area contributed by atoms with Crippen LogP contribution in [-0.4, -0.2) is 36.2 Å². The molecular formula is C16H15N7O2S. The van der Waals surface area contributed by atoms with Crippen LogP contribution in [0.25, 0.3) is 11.5 Å². The van der Waals surface area contributed by atoms with Crippen molar-refractivity contribution in [2.45, 2.75) is 10.9 Å². The highest BCUT2D eigenvalue weighted by atomic mass is 32.2. The second-order valence-electron chi connectivity index (χ2n) is 5.40. The molecule has 0 fully saturated rings. The number of anilines is 1. The van der Waals surface area contributed by atoms with E-state index in [2.05, 4.69) is 20.1 Å². The predicted octanol–water partition coefficient (Wildman–Crippen LogP) is 1.49.